The first-order valence-corrected chi connectivity index (χ1v) is 4.31. The number of ketones is 1. The van der Waals surface area contributed by atoms with E-state index in [4.69, 9.17) is 0 Å². The molecule has 2 N–H and O–H groups in total. The van der Waals surface area contributed by atoms with Crippen LogP contribution in [-0.2, 0) is 4.79 Å². The van der Waals surface area contributed by atoms with Crippen LogP contribution < -0.4 is 0 Å². The lowest BCUT2D eigenvalue weighted by Crippen LogP contribution is -2.28. The molecule has 1 aliphatic carbocycles. The van der Waals surface area contributed by atoms with Gasteiger partial charge < -0.3 is 15.0 Å². The first-order chi connectivity index (χ1) is 6.02. The zero-order chi connectivity index (χ0) is 9.90. The van der Waals surface area contributed by atoms with Crippen molar-refractivity contribution in [3.05, 3.63) is 24.0 Å². The molecule has 1 atom stereocenters. The van der Waals surface area contributed by atoms with Crippen molar-refractivity contribution in [3.63, 3.8) is 0 Å². The molecule has 3 nitrogen and oxygen atoms in total. The molecule has 0 aromatic heterocycles. The number of carbonyl (C=O) groups is 1. The Kier molecular flexibility index (Phi) is 2.88. The van der Waals surface area contributed by atoms with E-state index in [-0.39, 0.29) is 18.0 Å². The quantitative estimate of drug-likeness (QED) is 0.695. The van der Waals surface area contributed by atoms with E-state index >= 15 is 0 Å². The summed E-state index contributed by atoms with van der Waals surface area (Å²) in [5.41, 5.74) is -1.04. The van der Waals surface area contributed by atoms with E-state index in [9.17, 15) is 15.0 Å². The number of aliphatic hydroxyl groups excluding tert-OH is 1. The van der Waals surface area contributed by atoms with Crippen molar-refractivity contribution in [3.8, 4) is 0 Å². The van der Waals surface area contributed by atoms with Gasteiger partial charge in [0.2, 0.25) is 0 Å². The van der Waals surface area contributed by atoms with Gasteiger partial charge in [-0.2, -0.15) is 0 Å². The highest BCUT2D eigenvalue weighted by Gasteiger charge is 2.26. The van der Waals surface area contributed by atoms with Gasteiger partial charge in [0.1, 0.15) is 5.78 Å². The topological polar surface area (TPSA) is 57.5 Å². The van der Waals surface area contributed by atoms with Crippen molar-refractivity contribution in [2.24, 2.45) is 0 Å². The number of rotatable bonds is 3. The Hall–Kier alpha value is -1.09. The fourth-order valence-corrected chi connectivity index (χ4v) is 1.33. The van der Waals surface area contributed by atoms with Gasteiger partial charge in [-0.15, -0.1) is 0 Å². The molecule has 1 rings (SSSR count). The normalized spacial score (nSPS) is 27.1. The Bertz CT molecular complexity index is 265. The van der Waals surface area contributed by atoms with Gasteiger partial charge >= 0.3 is 0 Å². The summed E-state index contributed by atoms with van der Waals surface area (Å²) in [7, 11) is 0. The molecule has 0 aromatic carbocycles. The van der Waals surface area contributed by atoms with Gasteiger partial charge in [-0.3, -0.25) is 0 Å². The van der Waals surface area contributed by atoms with Crippen LogP contribution in [0.3, 0.4) is 0 Å². The molecular formula is C10H14O3. The molecule has 13 heavy (non-hydrogen) atoms. The minimum Gasteiger partial charge on any atom is -0.512 e. The van der Waals surface area contributed by atoms with E-state index in [1.165, 1.54) is 6.92 Å². The molecule has 0 bridgehead atoms. The van der Waals surface area contributed by atoms with Gasteiger partial charge in [0.05, 0.1) is 11.4 Å². The van der Waals surface area contributed by atoms with Gasteiger partial charge in [-0.25, -0.2) is 0 Å². The second-order valence-electron chi connectivity index (χ2n) is 3.50. The van der Waals surface area contributed by atoms with Crippen molar-refractivity contribution < 1.29 is 15.0 Å². The van der Waals surface area contributed by atoms with E-state index < -0.39 is 5.60 Å². The number of carbonyl (C=O) groups excluding carboxylic acids is 1. The van der Waals surface area contributed by atoms with Gasteiger partial charge in [-0.05, 0) is 19.4 Å². The summed E-state index contributed by atoms with van der Waals surface area (Å²) in [5.74, 6) is 0.212. The van der Waals surface area contributed by atoms with Gasteiger partial charge in [0.15, 0.2) is 0 Å². The molecule has 0 saturated heterocycles. The molecule has 0 fully saturated rings. The third kappa shape index (κ3) is 3.03. The summed E-state index contributed by atoms with van der Waals surface area (Å²) in [6.45, 7) is 1.49. The summed E-state index contributed by atoms with van der Waals surface area (Å²) in [5, 5.41) is 19.0. The van der Waals surface area contributed by atoms with Crippen LogP contribution in [0.4, 0.5) is 0 Å². The summed E-state index contributed by atoms with van der Waals surface area (Å²) >= 11 is 0. The maximum atomic E-state index is 10.7. The average Bonchev–Trinajstić information content (AvgIpc) is 2.01. The summed E-state index contributed by atoms with van der Waals surface area (Å²) in [6, 6.07) is 0. The lowest BCUT2D eigenvalue weighted by atomic mass is 9.89. The minimum absolute atomic E-state index is 0.0517. The molecule has 0 saturated carbocycles. The second-order valence-corrected chi connectivity index (χ2v) is 3.50. The first kappa shape index (κ1) is 9.99. The third-order valence-electron chi connectivity index (χ3n) is 2.09. The molecule has 0 radical (unpaired) electrons. The number of hydrogen-bond acceptors (Lipinski definition) is 3. The Morgan fingerprint density at radius 1 is 1.69 bits per heavy atom. The van der Waals surface area contributed by atoms with Crippen molar-refractivity contribution >= 4 is 5.78 Å². The van der Waals surface area contributed by atoms with Gasteiger partial charge in [0.25, 0.3) is 0 Å². The Morgan fingerprint density at radius 2 is 2.38 bits per heavy atom. The highest BCUT2D eigenvalue weighted by atomic mass is 16.3. The molecule has 1 aliphatic rings. The zero-order valence-electron chi connectivity index (χ0n) is 7.66. The van der Waals surface area contributed by atoms with E-state index in [0.717, 1.165) is 0 Å². The largest absolute Gasteiger partial charge is 0.512 e. The average molecular weight is 182 g/mol. The van der Waals surface area contributed by atoms with Crippen LogP contribution in [0.25, 0.3) is 0 Å². The van der Waals surface area contributed by atoms with Crippen LogP contribution in [-0.4, -0.2) is 21.6 Å². The highest BCUT2D eigenvalue weighted by Crippen LogP contribution is 2.26. The predicted octanol–water partition coefficient (Wildman–Crippen LogP) is 1.49. The Morgan fingerprint density at radius 3 is 2.92 bits per heavy atom. The SMILES string of the molecule is CC(=O)CCC1(O)C=CC=C(O)C1. The molecule has 0 amide bonds. The molecule has 0 aromatic rings. The van der Waals surface area contributed by atoms with Crippen molar-refractivity contribution in [2.75, 3.05) is 0 Å². The number of Topliss-reactive ketones (excluding diaryl/α,β-unsaturated/α-hetero) is 1. The molecule has 0 aliphatic heterocycles. The van der Waals surface area contributed by atoms with Crippen LogP contribution in [0.1, 0.15) is 26.2 Å². The number of hydrogen-bond donors (Lipinski definition) is 2. The lowest BCUT2D eigenvalue weighted by Gasteiger charge is -2.25. The van der Waals surface area contributed by atoms with E-state index in [1.54, 1.807) is 18.2 Å². The van der Waals surface area contributed by atoms with Crippen LogP contribution in [0.5, 0.6) is 0 Å². The van der Waals surface area contributed by atoms with E-state index in [0.29, 0.717) is 12.8 Å². The molecular weight excluding hydrogens is 168 g/mol. The third-order valence-corrected chi connectivity index (χ3v) is 2.09. The van der Waals surface area contributed by atoms with Gasteiger partial charge in [-0.1, -0.05) is 12.2 Å². The van der Waals surface area contributed by atoms with Crippen molar-refractivity contribution in [2.45, 2.75) is 31.8 Å². The van der Waals surface area contributed by atoms with Crippen LogP contribution in [0, 0.1) is 0 Å². The maximum Gasteiger partial charge on any atom is 0.129 e. The predicted molar refractivity (Wildman–Crippen MR) is 49.3 cm³/mol. The van der Waals surface area contributed by atoms with Gasteiger partial charge in [0, 0.05) is 12.8 Å². The molecule has 0 heterocycles. The monoisotopic (exact) mass is 182 g/mol. The maximum absolute atomic E-state index is 10.7. The molecule has 3 heteroatoms. The zero-order valence-corrected chi connectivity index (χ0v) is 7.66. The second kappa shape index (κ2) is 3.75. The lowest BCUT2D eigenvalue weighted by molar-refractivity contribution is -0.118. The first-order valence-electron chi connectivity index (χ1n) is 4.31. The highest BCUT2D eigenvalue weighted by molar-refractivity contribution is 5.75. The van der Waals surface area contributed by atoms with Crippen molar-refractivity contribution in [1.29, 1.82) is 0 Å². The Labute approximate surface area is 77.4 Å². The van der Waals surface area contributed by atoms with E-state index in [2.05, 4.69) is 0 Å². The van der Waals surface area contributed by atoms with Crippen LogP contribution in [0.15, 0.2) is 24.0 Å². The van der Waals surface area contributed by atoms with Crippen LogP contribution in [0.2, 0.25) is 0 Å². The fraction of sp³-hybridized carbons (Fsp3) is 0.500. The minimum atomic E-state index is -1.04. The molecule has 1 unspecified atom stereocenters. The molecule has 72 valence electrons. The summed E-state index contributed by atoms with van der Waals surface area (Å²) in [4.78, 5) is 10.7. The summed E-state index contributed by atoms with van der Waals surface area (Å²) in [6.07, 6.45) is 5.69. The molecule has 0 spiro atoms. The Balaban J connectivity index is 2.53. The summed E-state index contributed by atoms with van der Waals surface area (Å²) < 4.78 is 0. The fourth-order valence-electron chi connectivity index (χ4n) is 1.33. The van der Waals surface area contributed by atoms with Crippen molar-refractivity contribution in [1.82, 2.24) is 0 Å². The number of allylic oxidation sites excluding steroid dienone is 2. The van der Waals surface area contributed by atoms with Crippen LogP contribution >= 0.6 is 0 Å². The standard InChI is InChI=1S/C10H14O3/c1-8(11)4-6-10(13)5-2-3-9(12)7-10/h2-3,5,12-13H,4,6-7H2,1H3. The number of aliphatic hydroxyl groups is 2. The van der Waals surface area contributed by atoms with E-state index in [1.807, 2.05) is 0 Å². The smallest absolute Gasteiger partial charge is 0.129 e.